The first-order chi connectivity index (χ1) is 53.2. The third-order valence-corrected chi connectivity index (χ3v) is 29.4. The maximum absolute atomic E-state index is 13.2. The molecule has 596 valence electrons. The molecule has 8 saturated heterocycles. The number of hydrogen-bond acceptors (Lipinski definition) is 23. The van der Waals surface area contributed by atoms with Crippen LogP contribution in [-0.2, 0) is 43.2 Å². The first-order valence-electron chi connectivity index (χ1n) is 37.1. The van der Waals surface area contributed by atoms with Crippen molar-refractivity contribution in [2.45, 2.75) is 214 Å². The van der Waals surface area contributed by atoms with Crippen molar-refractivity contribution >= 4 is 152 Å². The molecule has 15 rings (SSSR count). The molecule has 8 aliphatic rings. The van der Waals surface area contributed by atoms with Crippen LogP contribution in [0, 0.1) is 44.4 Å². The second kappa shape index (κ2) is 32.5. The third kappa shape index (κ3) is 15.7. The predicted molar refractivity (Wildman–Crippen MR) is 434 cm³/mol. The lowest BCUT2D eigenvalue weighted by Crippen LogP contribution is -2.62. The van der Waals surface area contributed by atoms with Gasteiger partial charge in [0.25, 0.3) is 0 Å². The molecular weight excluding hydrogens is 1590 g/mol. The number of amides is 4. The molecule has 113 heavy (non-hydrogen) atoms. The summed E-state index contributed by atoms with van der Waals surface area (Å²) >= 11 is 25.2. The van der Waals surface area contributed by atoms with E-state index >= 15 is 0 Å². The number of ketones is 8. The van der Waals surface area contributed by atoms with Gasteiger partial charge in [-0.1, -0.05) is 130 Å². The van der Waals surface area contributed by atoms with Crippen LogP contribution in [0.1, 0.15) is 170 Å². The Kier molecular flexibility index (Phi) is 24.2. The molecule has 0 bridgehead atoms. The fraction of sp³-hybridized carbons (Fsp3) is 0.458. The van der Waals surface area contributed by atoms with E-state index in [2.05, 4.69) is 15.5 Å². The summed E-state index contributed by atoms with van der Waals surface area (Å²) < 4.78 is 20.2. The Hall–Kier alpha value is -8.18. The van der Waals surface area contributed by atoms with Crippen LogP contribution in [0.4, 0.5) is 0 Å². The van der Waals surface area contributed by atoms with Crippen LogP contribution in [0.2, 0.25) is 15.1 Å². The Bertz CT molecular complexity index is 5000. The molecule has 13 atom stereocenters. The molecule has 8 aliphatic heterocycles. The normalized spacial score (nSPS) is 25.5. The van der Waals surface area contributed by atoms with Crippen molar-refractivity contribution in [3.8, 4) is 39.5 Å². The number of halogens is 3. The SMILES string of the molecule is CC(=O)[C@@H]1N2C(=O)[C@@H](CC(=O)c3c(-c4c(Cl)cccc4Cl)noc3C)[C@H]2SC1(C)C.CC(=O)[C@@H]1N2C(=O)[C@@H](CC(=O)c3c(-c4ccccc4)noc3C)[C@H]2SC1(C)C.CC(=O)[C@@H]1N2C(=O)[C@@H](CC(=O)c3c(-c4ccccc4Cl)noc3C)[C@H]2SC1(C)C.CCC(Oc1ccccc1)C(=O)C[C@@H]1C(=O)N2[C@@H]1SC(C)(C)[C@@H]2C(C)=O. The molecule has 3 aromatic heterocycles. The van der Waals surface area contributed by atoms with Gasteiger partial charge in [0.05, 0.1) is 76.9 Å². The van der Waals surface area contributed by atoms with Crippen molar-refractivity contribution in [3.63, 3.8) is 0 Å². The zero-order valence-electron chi connectivity index (χ0n) is 65.3. The van der Waals surface area contributed by atoms with Crippen molar-refractivity contribution in [1.29, 1.82) is 0 Å². The first kappa shape index (κ1) is 84.2. The van der Waals surface area contributed by atoms with E-state index < -0.39 is 52.8 Å². The smallest absolute Gasteiger partial charge is 0.230 e. The van der Waals surface area contributed by atoms with Gasteiger partial charge in [-0.15, -0.1) is 47.0 Å². The van der Waals surface area contributed by atoms with Gasteiger partial charge < -0.3 is 37.9 Å². The van der Waals surface area contributed by atoms with Gasteiger partial charge in [0.15, 0.2) is 52.4 Å². The van der Waals surface area contributed by atoms with E-state index in [4.69, 9.17) is 53.1 Å². The highest BCUT2D eigenvalue weighted by molar-refractivity contribution is 8.02. The van der Waals surface area contributed by atoms with Crippen LogP contribution in [0.15, 0.2) is 117 Å². The molecule has 0 radical (unpaired) electrons. The van der Waals surface area contributed by atoms with E-state index in [0.717, 1.165) is 5.56 Å². The van der Waals surface area contributed by atoms with E-state index in [1.54, 1.807) is 124 Å². The molecular formula is C83H88Cl3N7O16S4. The lowest BCUT2D eigenvalue weighted by atomic mass is 9.85. The first-order valence-corrected chi connectivity index (χ1v) is 41.8. The maximum atomic E-state index is 13.2. The number of thioether (sulfide) groups is 4. The Balaban J connectivity index is 0.000000140. The minimum atomic E-state index is -0.553. The van der Waals surface area contributed by atoms with Gasteiger partial charge in [-0.2, -0.15) is 0 Å². The van der Waals surface area contributed by atoms with Crippen molar-refractivity contribution in [3.05, 3.63) is 152 Å². The highest BCUT2D eigenvalue weighted by Crippen LogP contribution is 2.59. The zero-order valence-corrected chi connectivity index (χ0v) is 70.8. The molecule has 30 heteroatoms. The largest absolute Gasteiger partial charge is 0.483 e. The highest BCUT2D eigenvalue weighted by Gasteiger charge is 2.67. The Morgan fingerprint density at radius 3 is 1.10 bits per heavy atom. The van der Waals surface area contributed by atoms with Crippen LogP contribution < -0.4 is 4.74 Å². The topological polar surface area (TPSA) is 305 Å². The van der Waals surface area contributed by atoms with Crippen LogP contribution in [0.25, 0.3) is 33.8 Å². The molecule has 4 aromatic carbocycles. The number of aryl methyl sites for hydroxylation is 3. The van der Waals surface area contributed by atoms with Crippen molar-refractivity contribution < 1.29 is 75.8 Å². The predicted octanol–water partition coefficient (Wildman–Crippen LogP) is 15.5. The average molecular weight is 1670 g/mol. The molecule has 7 aromatic rings. The molecule has 23 nitrogen and oxygen atoms in total. The number of nitrogens with zero attached hydrogens (tertiary/aromatic N) is 7. The van der Waals surface area contributed by atoms with Crippen LogP contribution in [0.3, 0.4) is 0 Å². The summed E-state index contributed by atoms with van der Waals surface area (Å²) in [7, 11) is 0. The van der Waals surface area contributed by atoms with Crippen molar-refractivity contribution in [2.75, 3.05) is 0 Å². The van der Waals surface area contributed by atoms with Crippen molar-refractivity contribution in [2.24, 2.45) is 23.7 Å². The Morgan fingerprint density at radius 1 is 0.425 bits per heavy atom. The van der Waals surface area contributed by atoms with Gasteiger partial charge in [0.2, 0.25) is 23.6 Å². The average Bonchev–Trinajstić information content (AvgIpc) is 1.58. The van der Waals surface area contributed by atoms with Crippen LogP contribution in [0.5, 0.6) is 5.75 Å². The summed E-state index contributed by atoms with van der Waals surface area (Å²) in [4.78, 5) is 158. The summed E-state index contributed by atoms with van der Waals surface area (Å²) in [5.74, 6) is -1.15. The van der Waals surface area contributed by atoms with E-state index in [0.29, 0.717) is 78.2 Å². The Morgan fingerprint density at radius 2 is 0.735 bits per heavy atom. The number of carbonyl (C=O) groups is 12. The molecule has 0 N–H and O–H groups in total. The summed E-state index contributed by atoms with van der Waals surface area (Å²) in [6, 6.07) is 29.0. The number of aromatic nitrogens is 3. The molecule has 0 spiro atoms. The minimum absolute atomic E-state index is 0.00183. The lowest BCUT2D eigenvalue weighted by Gasteiger charge is -2.44. The zero-order chi connectivity index (χ0) is 82.3. The van der Waals surface area contributed by atoms with Gasteiger partial charge in [-0.25, -0.2) is 0 Å². The number of β-lactam (4-membered cyclic amide) rings is 4. The van der Waals surface area contributed by atoms with E-state index in [-0.39, 0.29) is 148 Å². The van der Waals surface area contributed by atoms with E-state index in [9.17, 15) is 57.5 Å². The number of rotatable bonds is 22. The maximum Gasteiger partial charge on any atom is 0.230 e. The summed E-state index contributed by atoms with van der Waals surface area (Å²) in [6.07, 6.45) is 0.312. The molecule has 4 amide bonds. The molecule has 1 unspecified atom stereocenters. The van der Waals surface area contributed by atoms with Crippen LogP contribution >= 0.6 is 81.9 Å². The molecule has 0 aliphatic carbocycles. The van der Waals surface area contributed by atoms with Crippen molar-refractivity contribution in [1.82, 2.24) is 35.1 Å². The van der Waals surface area contributed by atoms with E-state index in [1.165, 1.54) is 27.7 Å². The summed E-state index contributed by atoms with van der Waals surface area (Å²) in [5.41, 5.74) is 4.09. The number of hydrogen-bond donors (Lipinski definition) is 0. The quantitative estimate of drug-likeness (QED) is 0.0449. The van der Waals surface area contributed by atoms with Gasteiger partial charge in [-0.05, 0) is 141 Å². The minimum Gasteiger partial charge on any atom is -0.483 e. The number of benzene rings is 4. The fourth-order valence-electron chi connectivity index (χ4n) is 17.1. The summed E-state index contributed by atoms with van der Waals surface area (Å²) in [5, 5.41) is 12.7. The number of para-hydroxylation sites is 1. The molecule has 8 fully saturated rings. The van der Waals surface area contributed by atoms with Gasteiger partial charge in [-0.3, -0.25) is 57.5 Å². The lowest BCUT2D eigenvalue weighted by molar-refractivity contribution is -0.158. The number of fused-ring (bicyclic) bond motifs is 4. The standard InChI is InChI=1S/C21H20Cl2N2O4S.C21H21ClN2O4S.C21H22N2O4S.C20H25NO4S/c1-9(26)18-21(3,4)30-20-11(19(28)25(18)20)8-14(27)15-10(2)29-24-17(15)16-12(22)6-5-7-13(16)23;1-10(25)18-21(3,4)29-20-13(19(27)24(18)20)9-15(26)16-11(2)28-23-17(16)12-7-5-6-8-14(12)22;1-11(24)18-21(3,4)28-20-14(19(26)23(18)20)10-15(25)16-12(2)27-22-17(16)13-8-6-5-7-9-13;1-5-16(25-13-9-7-6-8-10-13)15(23)11-14-18(24)21-17(12(2)22)20(3,4)26-19(14)21/h5-7,11,18,20H,8H2,1-4H3;5-8,13,18,20H,9H2,1-4H3;5-9,14,18,20H,10H2,1-4H3;6-10,14,16-17,19H,5,11H2,1-4H3/t11-,18+,20-;13-,18+,20-;14-,18+,20-;14-,16?,17+,19-/m1111/s1. The molecule has 0 saturated carbocycles. The third-order valence-electron chi connectivity index (χ3n) is 21.9. The number of Topliss-reactive ketones (excluding diaryl/α,β-unsaturated/α-hetero) is 8. The number of ether oxygens (including phenoxy) is 1. The van der Waals surface area contributed by atoms with Gasteiger partial charge in [0, 0.05) is 61.4 Å². The fourth-order valence-corrected chi connectivity index (χ4v) is 24.9. The highest BCUT2D eigenvalue weighted by atomic mass is 35.5. The Labute approximate surface area is 686 Å². The van der Waals surface area contributed by atoms with E-state index in [1.807, 2.05) is 129 Å². The second-order valence-corrected chi connectivity index (χ2v) is 39.9. The number of carbonyl (C=O) groups excluding carboxylic acids is 12. The van der Waals surface area contributed by atoms with Gasteiger partial charge >= 0.3 is 0 Å². The van der Waals surface area contributed by atoms with Gasteiger partial charge in [0.1, 0.15) is 64.3 Å². The monoisotopic (exact) mass is 1670 g/mol. The summed E-state index contributed by atoms with van der Waals surface area (Å²) in [6.45, 7) is 28.8. The van der Waals surface area contributed by atoms with Crippen LogP contribution in [-0.4, -0.2) is 176 Å². The molecule has 11 heterocycles. The second-order valence-electron chi connectivity index (χ2n) is 31.6.